The molecule has 0 bridgehead atoms. The second-order valence-corrected chi connectivity index (χ2v) is 8.17. The Morgan fingerprint density at radius 2 is 1.97 bits per heavy atom. The second-order valence-electron chi connectivity index (χ2n) is 7.06. The average Bonchev–Trinajstić information content (AvgIpc) is 2.83. The van der Waals surface area contributed by atoms with E-state index in [9.17, 15) is 14.9 Å². The Balaban J connectivity index is 1.72. The van der Waals surface area contributed by atoms with Crippen LogP contribution in [-0.4, -0.2) is 29.1 Å². The van der Waals surface area contributed by atoms with Crippen molar-refractivity contribution in [2.75, 3.05) is 12.8 Å². The molecular formula is C22H18Cl3N5O5. The molecule has 3 aromatic rings. The highest BCUT2D eigenvalue weighted by Crippen LogP contribution is 2.34. The van der Waals surface area contributed by atoms with Crippen molar-refractivity contribution in [1.82, 2.24) is 10.4 Å². The van der Waals surface area contributed by atoms with Gasteiger partial charge in [0, 0.05) is 17.2 Å². The average molecular weight is 539 g/mol. The minimum Gasteiger partial charge on any atom is -0.496 e. The summed E-state index contributed by atoms with van der Waals surface area (Å²) in [4.78, 5) is 26.7. The summed E-state index contributed by atoms with van der Waals surface area (Å²) in [5.74, 6) is 0.293. The highest BCUT2D eigenvalue weighted by molar-refractivity contribution is 6.46. The third-order valence-corrected chi connectivity index (χ3v) is 5.87. The van der Waals surface area contributed by atoms with Crippen LogP contribution in [0, 0.1) is 17.0 Å². The third-order valence-electron chi connectivity index (χ3n) is 4.73. The number of carbonyl (C=O) groups excluding carboxylic acids is 1. The van der Waals surface area contributed by atoms with Gasteiger partial charge in [0.2, 0.25) is 0 Å². The molecule has 0 saturated heterocycles. The number of nitrogens with zero attached hydrogens (tertiary/aromatic N) is 3. The van der Waals surface area contributed by atoms with E-state index in [-0.39, 0.29) is 38.9 Å². The number of nitro groups is 1. The van der Waals surface area contributed by atoms with E-state index in [0.29, 0.717) is 28.2 Å². The number of nitrogens with one attached hydrogen (secondary N) is 1. The first-order valence-electron chi connectivity index (χ1n) is 9.80. The van der Waals surface area contributed by atoms with E-state index in [1.165, 1.54) is 25.5 Å². The predicted molar refractivity (Wildman–Crippen MR) is 134 cm³/mol. The van der Waals surface area contributed by atoms with Crippen LogP contribution >= 0.6 is 34.8 Å². The molecule has 182 valence electrons. The van der Waals surface area contributed by atoms with Crippen molar-refractivity contribution in [1.29, 1.82) is 0 Å². The van der Waals surface area contributed by atoms with E-state index in [2.05, 4.69) is 15.5 Å². The van der Waals surface area contributed by atoms with Crippen molar-refractivity contribution in [3.63, 3.8) is 0 Å². The number of aryl methyl sites for hydroxylation is 1. The molecular weight excluding hydrogens is 521 g/mol. The van der Waals surface area contributed by atoms with Crippen LogP contribution < -0.4 is 20.6 Å². The lowest BCUT2D eigenvalue weighted by atomic mass is 10.1. The van der Waals surface area contributed by atoms with Crippen molar-refractivity contribution >= 4 is 58.3 Å². The number of carbonyl (C=O) groups is 1. The van der Waals surface area contributed by atoms with Crippen LogP contribution in [0.5, 0.6) is 11.5 Å². The lowest BCUT2D eigenvalue weighted by Crippen LogP contribution is -2.20. The first kappa shape index (κ1) is 26.0. The Morgan fingerprint density at radius 3 is 2.63 bits per heavy atom. The molecule has 0 atom stereocenters. The molecule has 0 fully saturated rings. The second kappa shape index (κ2) is 11.2. The van der Waals surface area contributed by atoms with Crippen molar-refractivity contribution in [2.45, 2.75) is 13.5 Å². The Kier molecular flexibility index (Phi) is 8.34. The van der Waals surface area contributed by atoms with Gasteiger partial charge in [-0.1, -0.05) is 34.8 Å². The van der Waals surface area contributed by atoms with Crippen molar-refractivity contribution < 1.29 is 19.2 Å². The zero-order valence-electron chi connectivity index (χ0n) is 18.3. The molecule has 2 aromatic carbocycles. The lowest BCUT2D eigenvalue weighted by Gasteiger charge is -2.12. The van der Waals surface area contributed by atoms with Crippen LogP contribution in [0.3, 0.4) is 0 Å². The molecule has 13 heteroatoms. The third kappa shape index (κ3) is 6.10. The fourth-order valence-electron chi connectivity index (χ4n) is 2.98. The van der Waals surface area contributed by atoms with Gasteiger partial charge in [-0.05, 0) is 42.8 Å². The maximum Gasteiger partial charge on any atom is 0.291 e. The molecule has 0 aliphatic rings. The summed E-state index contributed by atoms with van der Waals surface area (Å²) in [5, 5.41) is 14.5. The van der Waals surface area contributed by atoms with Gasteiger partial charge in [0.1, 0.15) is 23.1 Å². The molecule has 1 aromatic heterocycles. The monoisotopic (exact) mass is 537 g/mol. The Bertz CT molecular complexity index is 1330. The van der Waals surface area contributed by atoms with E-state index in [1.807, 2.05) is 0 Å². The highest BCUT2D eigenvalue weighted by Gasteiger charge is 2.19. The topological polar surface area (TPSA) is 142 Å². The zero-order valence-corrected chi connectivity index (χ0v) is 20.6. The number of aromatic nitrogens is 1. The zero-order chi connectivity index (χ0) is 25.7. The number of nitrogen functional groups attached to an aromatic ring is 1. The van der Waals surface area contributed by atoms with Crippen molar-refractivity contribution in [3.05, 3.63) is 84.1 Å². The number of amides is 1. The largest absolute Gasteiger partial charge is 0.496 e. The van der Waals surface area contributed by atoms with Crippen LogP contribution in [0.25, 0.3) is 0 Å². The van der Waals surface area contributed by atoms with E-state index < -0.39 is 10.8 Å². The number of hydrogen-bond acceptors (Lipinski definition) is 8. The summed E-state index contributed by atoms with van der Waals surface area (Å²) in [6, 6.07) is 9.66. The fraction of sp³-hybridized carbons (Fsp3) is 0.136. The molecule has 10 nitrogen and oxygen atoms in total. The van der Waals surface area contributed by atoms with Gasteiger partial charge >= 0.3 is 0 Å². The van der Waals surface area contributed by atoms with Crippen LogP contribution in [0.1, 0.15) is 27.2 Å². The minimum atomic E-state index is -0.734. The molecule has 0 saturated carbocycles. The van der Waals surface area contributed by atoms with E-state index >= 15 is 0 Å². The quantitative estimate of drug-likeness (QED) is 0.174. The number of hydrazone groups is 1. The maximum absolute atomic E-state index is 12.4. The Labute approximate surface area is 214 Å². The number of ether oxygens (including phenoxy) is 2. The summed E-state index contributed by atoms with van der Waals surface area (Å²) in [6.07, 6.45) is 1.39. The van der Waals surface area contributed by atoms with Crippen molar-refractivity contribution in [3.8, 4) is 11.5 Å². The molecule has 0 unspecified atom stereocenters. The molecule has 0 aliphatic carbocycles. The van der Waals surface area contributed by atoms with Crippen LogP contribution in [0.2, 0.25) is 15.2 Å². The summed E-state index contributed by atoms with van der Waals surface area (Å²) in [7, 11) is 1.52. The summed E-state index contributed by atoms with van der Waals surface area (Å²) in [5.41, 5.74) is 9.53. The normalized spacial score (nSPS) is 10.9. The van der Waals surface area contributed by atoms with Crippen LogP contribution in [0.15, 0.2) is 41.5 Å². The molecule has 3 N–H and O–H groups in total. The summed E-state index contributed by atoms with van der Waals surface area (Å²) < 4.78 is 11.1. The number of methoxy groups -OCH3 is 1. The van der Waals surface area contributed by atoms with Crippen LogP contribution in [0.4, 0.5) is 11.4 Å². The highest BCUT2D eigenvalue weighted by atomic mass is 35.5. The van der Waals surface area contributed by atoms with Gasteiger partial charge in [-0.15, -0.1) is 0 Å². The minimum absolute atomic E-state index is 0.00947. The first-order chi connectivity index (χ1) is 16.6. The Hall–Kier alpha value is -3.60. The lowest BCUT2D eigenvalue weighted by molar-refractivity contribution is -0.385. The van der Waals surface area contributed by atoms with Gasteiger partial charge in [-0.25, -0.2) is 10.4 Å². The van der Waals surface area contributed by atoms with Crippen molar-refractivity contribution in [2.24, 2.45) is 5.10 Å². The van der Waals surface area contributed by atoms with E-state index in [4.69, 9.17) is 50.0 Å². The van der Waals surface area contributed by atoms with Gasteiger partial charge < -0.3 is 15.2 Å². The van der Waals surface area contributed by atoms with E-state index in [1.54, 1.807) is 31.2 Å². The predicted octanol–water partition coefficient (Wildman–Crippen LogP) is 5.19. The fourth-order valence-corrected chi connectivity index (χ4v) is 3.57. The number of hydrogen-bond donors (Lipinski definition) is 2. The Morgan fingerprint density at radius 1 is 1.23 bits per heavy atom. The molecule has 1 heterocycles. The van der Waals surface area contributed by atoms with Gasteiger partial charge in [0.25, 0.3) is 11.6 Å². The van der Waals surface area contributed by atoms with Gasteiger partial charge in [0.15, 0.2) is 10.8 Å². The summed E-state index contributed by atoms with van der Waals surface area (Å²) >= 11 is 17.8. The van der Waals surface area contributed by atoms with Crippen LogP contribution in [-0.2, 0) is 6.61 Å². The first-order valence-corrected chi connectivity index (χ1v) is 10.9. The molecule has 0 spiro atoms. The number of pyridine rings is 1. The number of nitro benzene ring substituents is 1. The van der Waals surface area contributed by atoms with Gasteiger partial charge in [-0.2, -0.15) is 5.10 Å². The van der Waals surface area contributed by atoms with E-state index in [0.717, 1.165) is 0 Å². The number of benzene rings is 2. The molecule has 35 heavy (non-hydrogen) atoms. The number of rotatable bonds is 8. The number of nitrogens with two attached hydrogens (primary N) is 1. The molecule has 0 radical (unpaired) electrons. The molecule has 1 amide bonds. The smallest absolute Gasteiger partial charge is 0.291 e. The SMILES string of the molecule is COc1ccc(/C=N\NC(=O)c2nc(Cl)c(Cl)c(N)c2Cl)cc1COc1ccc([N+](=O)[O-])c(C)c1. The molecule has 0 aliphatic heterocycles. The van der Waals surface area contributed by atoms with Gasteiger partial charge in [0.05, 0.1) is 29.0 Å². The summed E-state index contributed by atoms with van der Waals surface area (Å²) in [6.45, 7) is 1.75. The molecule has 3 rings (SSSR count). The maximum atomic E-state index is 12.4. The van der Waals surface area contributed by atoms with Gasteiger partial charge in [-0.3, -0.25) is 14.9 Å². The standard InChI is InChI=1S/C22H18Cl3N5O5/c1-11-7-14(4-5-15(11)30(32)33)35-10-13-8-12(3-6-16(13)34-2)9-27-29-22(31)20-17(23)19(26)18(24)21(25)28-20/h3-9H,10H2,1-2H3,(H2,26,28)(H,29,31)/b27-9-. The number of anilines is 1. The number of halogens is 3.